The predicted molar refractivity (Wildman–Crippen MR) is 75.8 cm³/mol. The molecule has 0 saturated carbocycles. The molecule has 0 spiro atoms. The van der Waals surface area contributed by atoms with Crippen LogP contribution in [-0.2, 0) is 13.6 Å². The van der Waals surface area contributed by atoms with Crippen LogP contribution < -0.4 is 9.64 Å². The van der Waals surface area contributed by atoms with E-state index in [0.29, 0.717) is 0 Å². The number of benzene rings is 1. The molecule has 2 heterocycles. The van der Waals surface area contributed by atoms with Crippen LogP contribution in [0.15, 0.2) is 30.6 Å². The van der Waals surface area contributed by atoms with E-state index < -0.39 is 0 Å². The highest BCUT2D eigenvalue weighted by molar-refractivity contribution is 6.30. The van der Waals surface area contributed by atoms with Crippen LogP contribution in [0.4, 0.5) is 5.69 Å². The first-order chi connectivity index (χ1) is 9.11. The smallest absolute Gasteiger partial charge is 0.143 e. The van der Waals surface area contributed by atoms with Gasteiger partial charge in [-0.3, -0.25) is 4.68 Å². The molecule has 0 bridgehead atoms. The lowest BCUT2D eigenvalue weighted by Gasteiger charge is -2.34. The summed E-state index contributed by atoms with van der Waals surface area (Å²) in [6.07, 6.45) is 4.10. The van der Waals surface area contributed by atoms with Gasteiger partial charge >= 0.3 is 0 Å². The van der Waals surface area contributed by atoms with E-state index in [1.165, 1.54) is 5.56 Å². The SMILES string of the molecule is C[C@@H]1CN(Cc2cnn(C)c2)c2cc(Cl)ccc2O1. The van der Waals surface area contributed by atoms with Gasteiger partial charge in [-0.2, -0.15) is 5.10 Å². The number of fused-ring (bicyclic) bond motifs is 1. The number of hydrogen-bond acceptors (Lipinski definition) is 3. The molecule has 19 heavy (non-hydrogen) atoms. The third-order valence-corrected chi connectivity index (χ3v) is 3.43. The second-order valence-electron chi connectivity index (χ2n) is 4.94. The Balaban J connectivity index is 1.91. The van der Waals surface area contributed by atoms with Crippen molar-refractivity contribution in [2.75, 3.05) is 11.4 Å². The van der Waals surface area contributed by atoms with Crippen LogP contribution in [0, 0.1) is 0 Å². The van der Waals surface area contributed by atoms with E-state index in [1.54, 1.807) is 0 Å². The molecule has 4 nitrogen and oxygen atoms in total. The number of aryl methyl sites for hydroxylation is 1. The fourth-order valence-electron chi connectivity index (χ4n) is 2.42. The Morgan fingerprint density at radius 2 is 2.32 bits per heavy atom. The van der Waals surface area contributed by atoms with E-state index >= 15 is 0 Å². The van der Waals surface area contributed by atoms with Crippen LogP contribution in [0.2, 0.25) is 5.02 Å². The molecule has 1 aromatic carbocycles. The normalized spacial score (nSPS) is 18.1. The van der Waals surface area contributed by atoms with Crippen molar-refractivity contribution in [3.63, 3.8) is 0 Å². The van der Waals surface area contributed by atoms with Crippen molar-refractivity contribution < 1.29 is 4.74 Å². The van der Waals surface area contributed by atoms with Crippen molar-refractivity contribution in [2.24, 2.45) is 7.05 Å². The van der Waals surface area contributed by atoms with Crippen LogP contribution >= 0.6 is 11.6 Å². The fourth-order valence-corrected chi connectivity index (χ4v) is 2.59. The molecule has 0 fully saturated rings. The molecule has 3 rings (SSSR count). The summed E-state index contributed by atoms with van der Waals surface area (Å²) in [5.74, 6) is 0.895. The predicted octanol–water partition coefficient (Wildman–Crippen LogP) is 2.86. The van der Waals surface area contributed by atoms with Crippen molar-refractivity contribution in [1.82, 2.24) is 9.78 Å². The second-order valence-corrected chi connectivity index (χ2v) is 5.38. The molecule has 0 aliphatic carbocycles. The Hall–Kier alpha value is -1.68. The van der Waals surface area contributed by atoms with Crippen LogP contribution in [0.1, 0.15) is 12.5 Å². The number of hydrogen-bond donors (Lipinski definition) is 0. The van der Waals surface area contributed by atoms with E-state index in [4.69, 9.17) is 16.3 Å². The van der Waals surface area contributed by atoms with Gasteiger partial charge in [0.1, 0.15) is 11.9 Å². The number of nitrogens with zero attached hydrogens (tertiary/aromatic N) is 3. The molecule has 0 amide bonds. The summed E-state index contributed by atoms with van der Waals surface area (Å²) in [4.78, 5) is 2.28. The molecule has 1 atom stereocenters. The summed E-state index contributed by atoms with van der Waals surface area (Å²) >= 11 is 6.09. The van der Waals surface area contributed by atoms with Gasteiger partial charge in [0.15, 0.2) is 0 Å². The monoisotopic (exact) mass is 277 g/mol. The number of anilines is 1. The maximum atomic E-state index is 6.09. The third-order valence-electron chi connectivity index (χ3n) is 3.20. The summed E-state index contributed by atoms with van der Waals surface area (Å²) < 4.78 is 7.66. The average Bonchev–Trinajstić information content (AvgIpc) is 2.76. The molecule has 0 radical (unpaired) electrons. The van der Waals surface area contributed by atoms with Crippen molar-refractivity contribution in [3.8, 4) is 5.75 Å². The Morgan fingerprint density at radius 1 is 1.47 bits per heavy atom. The van der Waals surface area contributed by atoms with E-state index in [1.807, 2.05) is 42.3 Å². The Kier molecular flexibility index (Phi) is 3.11. The molecule has 0 N–H and O–H groups in total. The van der Waals surface area contributed by atoms with Gasteiger partial charge in [0, 0.05) is 30.4 Å². The molecule has 0 saturated heterocycles. The first kappa shape index (κ1) is 12.4. The third kappa shape index (κ3) is 2.54. The number of halogens is 1. The largest absolute Gasteiger partial charge is 0.487 e. The second kappa shape index (κ2) is 4.78. The highest BCUT2D eigenvalue weighted by Crippen LogP contribution is 2.36. The zero-order chi connectivity index (χ0) is 13.4. The van der Waals surface area contributed by atoms with Gasteiger partial charge < -0.3 is 9.64 Å². The topological polar surface area (TPSA) is 30.3 Å². The summed E-state index contributed by atoms with van der Waals surface area (Å²) in [5.41, 5.74) is 2.23. The molecule has 2 aromatic rings. The highest BCUT2D eigenvalue weighted by Gasteiger charge is 2.23. The maximum absolute atomic E-state index is 6.09. The number of ether oxygens (including phenoxy) is 1. The standard InChI is InChI=1S/C14H16ClN3O/c1-10-7-18(9-11-6-16-17(2)8-11)13-5-12(15)3-4-14(13)19-10/h3-6,8,10H,7,9H2,1-2H3/t10-/m1/s1. The van der Waals surface area contributed by atoms with Crippen molar-refractivity contribution >= 4 is 17.3 Å². The molecule has 1 aliphatic rings. The van der Waals surface area contributed by atoms with Crippen LogP contribution in [0.25, 0.3) is 0 Å². The first-order valence-electron chi connectivity index (χ1n) is 6.30. The molecular weight excluding hydrogens is 262 g/mol. The first-order valence-corrected chi connectivity index (χ1v) is 6.68. The quantitative estimate of drug-likeness (QED) is 0.846. The lowest BCUT2D eigenvalue weighted by atomic mass is 10.2. The molecule has 1 aliphatic heterocycles. The highest BCUT2D eigenvalue weighted by atomic mass is 35.5. The van der Waals surface area contributed by atoms with E-state index in [2.05, 4.69) is 16.9 Å². The fraction of sp³-hybridized carbons (Fsp3) is 0.357. The van der Waals surface area contributed by atoms with E-state index in [-0.39, 0.29) is 6.10 Å². The Bertz CT molecular complexity index is 596. The molecule has 100 valence electrons. The Morgan fingerprint density at radius 3 is 3.05 bits per heavy atom. The number of aromatic nitrogens is 2. The lowest BCUT2D eigenvalue weighted by molar-refractivity contribution is 0.212. The molecule has 5 heteroatoms. The summed E-state index contributed by atoms with van der Waals surface area (Å²) in [5, 5.41) is 4.94. The zero-order valence-corrected chi connectivity index (χ0v) is 11.8. The average molecular weight is 278 g/mol. The summed E-state index contributed by atoms with van der Waals surface area (Å²) in [6, 6.07) is 5.75. The van der Waals surface area contributed by atoms with Gasteiger partial charge in [0.05, 0.1) is 18.4 Å². The minimum absolute atomic E-state index is 0.172. The lowest BCUT2D eigenvalue weighted by Crippen LogP contribution is -2.37. The Labute approximate surface area is 117 Å². The van der Waals surface area contributed by atoms with Crippen molar-refractivity contribution in [1.29, 1.82) is 0 Å². The van der Waals surface area contributed by atoms with Gasteiger partial charge in [0.25, 0.3) is 0 Å². The summed E-state index contributed by atoms with van der Waals surface area (Å²) in [6.45, 7) is 3.74. The minimum atomic E-state index is 0.172. The van der Waals surface area contributed by atoms with Crippen molar-refractivity contribution in [2.45, 2.75) is 19.6 Å². The van der Waals surface area contributed by atoms with Crippen LogP contribution in [0.5, 0.6) is 5.75 Å². The minimum Gasteiger partial charge on any atom is -0.487 e. The van der Waals surface area contributed by atoms with Crippen LogP contribution in [-0.4, -0.2) is 22.4 Å². The van der Waals surface area contributed by atoms with Gasteiger partial charge in [-0.05, 0) is 25.1 Å². The molecule has 0 unspecified atom stereocenters. The van der Waals surface area contributed by atoms with Gasteiger partial charge in [0.2, 0.25) is 0 Å². The van der Waals surface area contributed by atoms with Crippen LogP contribution in [0.3, 0.4) is 0 Å². The van der Waals surface area contributed by atoms with Crippen molar-refractivity contribution in [3.05, 3.63) is 41.2 Å². The summed E-state index contributed by atoms with van der Waals surface area (Å²) in [7, 11) is 1.93. The van der Waals surface area contributed by atoms with Gasteiger partial charge in [-0.1, -0.05) is 11.6 Å². The van der Waals surface area contributed by atoms with Gasteiger partial charge in [-0.25, -0.2) is 0 Å². The van der Waals surface area contributed by atoms with E-state index in [9.17, 15) is 0 Å². The number of rotatable bonds is 2. The molecule has 1 aromatic heterocycles. The van der Waals surface area contributed by atoms with E-state index in [0.717, 1.165) is 29.5 Å². The zero-order valence-electron chi connectivity index (χ0n) is 11.0. The maximum Gasteiger partial charge on any atom is 0.143 e. The van der Waals surface area contributed by atoms with Gasteiger partial charge in [-0.15, -0.1) is 0 Å². The molecular formula is C14H16ClN3O.